The van der Waals surface area contributed by atoms with Gasteiger partial charge < -0.3 is 19.1 Å². The molecule has 1 aliphatic rings. The molecule has 0 saturated carbocycles. The molecule has 7 heteroatoms. The van der Waals surface area contributed by atoms with Crippen LogP contribution in [0.25, 0.3) is 10.1 Å². The Morgan fingerprint density at radius 2 is 1.63 bits per heavy atom. The van der Waals surface area contributed by atoms with Gasteiger partial charge in [0, 0.05) is 31.6 Å². The zero-order valence-electron chi connectivity index (χ0n) is 17.7. The molecule has 0 aliphatic carbocycles. The first-order valence-electron chi connectivity index (χ1n) is 10.5. The lowest BCUT2D eigenvalue weighted by atomic mass is 10.2. The second kappa shape index (κ2) is 10.00. The highest BCUT2D eigenvalue weighted by Gasteiger charge is 2.20. The number of para-hydroxylation sites is 1. The van der Waals surface area contributed by atoms with E-state index in [1.807, 2.05) is 18.2 Å². The van der Waals surface area contributed by atoms with Gasteiger partial charge in [0.15, 0.2) is 11.5 Å². The number of ether oxygens (including phenoxy) is 3. The molecule has 6 nitrogen and oxygen atoms in total. The lowest BCUT2D eigenvalue weighted by Crippen LogP contribution is -2.46. The Kier molecular flexibility index (Phi) is 6.92. The normalized spacial score (nSPS) is 14.8. The molecule has 0 unspecified atom stereocenters. The van der Waals surface area contributed by atoms with E-state index in [-0.39, 0.29) is 0 Å². The van der Waals surface area contributed by atoms with E-state index in [4.69, 9.17) is 18.6 Å². The van der Waals surface area contributed by atoms with Gasteiger partial charge in [-0.1, -0.05) is 18.2 Å². The molecule has 2 aromatic carbocycles. The summed E-state index contributed by atoms with van der Waals surface area (Å²) in [6, 6.07) is 14.2. The molecule has 0 radical (unpaired) electrons. The topological polar surface area (TPSA) is 47.1 Å². The summed E-state index contributed by atoms with van der Waals surface area (Å²) in [4.78, 5) is 4.96. The molecule has 0 amide bonds. The van der Waals surface area contributed by atoms with Crippen LogP contribution in [0.5, 0.6) is 17.2 Å². The van der Waals surface area contributed by atoms with Crippen LogP contribution in [-0.4, -0.2) is 62.8 Å². The van der Waals surface area contributed by atoms with Crippen LogP contribution in [-0.2, 0) is 0 Å². The van der Waals surface area contributed by atoms with Gasteiger partial charge in [-0.2, -0.15) is 4.37 Å². The number of hydrogen-bond donors (Lipinski definition) is 0. The fraction of sp³-hybridized carbons (Fsp3) is 0.435. The summed E-state index contributed by atoms with van der Waals surface area (Å²) in [6.07, 6.45) is 2.11. The molecule has 4 rings (SSSR count). The smallest absolute Gasteiger partial charge is 0.203 e. The van der Waals surface area contributed by atoms with Crippen molar-refractivity contribution in [1.29, 1.82) is 0 Å². The summed E-state index contributed by atoms with van der Waals surface area (Å²) in [5.41, 5.74) is 0. The average molecular weight is 428 g/mol. The van der Waals surface area contributed by atoms with Crippen LogP contribution in [0.15, 0.2) is 42.5 Å². The Morgan fingerprint density at radius 1 is 0.900 bits per heavy atom. The van der Waals surface area contributed by atoms with Crippen LogP contribution in [0.4, 0.5) is 5.82 Å². The Bertz CT molecular complexity index is 932. The lowest BCUT2D eigenvalue weighted by molar-refractivity contribution is 0.232. The number of fused-ring (bicyclic) bond motifs is 1. The Morgan fingerprint density at radius 3 is 2.37 bits per heavy atom. The van der Waals surface area contributed by atoms with E-state index in [1.54, 1.807) is 25.8 Å². The van der Waals surface area contributed by atoms with Crippen molar-refractivity contribution in [2.75, 3.05) is 58.5 Å². The second-order valence-corrected chi connectivity index (χ2v) is 8.18. The van der Waals surface area contributed by atoms with Crippen LogP contribution in [0.1, 0.15) is 12.8 Å². The molecular formula is C23H29N3O3S. The number of aromatic nitrogens is 1. The summed E-state index contributed by atoms with van der Waals surface area (Å²) in [5, 5.41) is 1.28. The monoisotopic (exact) mass is 427 g/mol. The zero-order valence-corrected chi connectivity index (χ0v) is 18.5. The van der Waals surface area contributed by atoms with Crippen molar-refractivity contribution < 1.29 is 14.2 Å². The fourth-order valence-corrected chi connectivity index (χ4v) is 4.65. The number of nitrogens with zero attached hydrogens (tertiary/aromatic N) is 3. The van der Waals surface area contributed by atoms with Crippen LogP contribution in [0.3, 0.4) is 0 Å². The predicted octanol–water partition coefficient (Wildman–Crippen LogP) is 4.29. The van der Waals surface area contributed by atoms with Gasteiger partial charge in [-0.25, -0.2) is 0 Å². The molecule has 1 fully saturated rings. The van der Waals surface area contributed by atoms with Crippen molar-refractivity contribution >= 4 is 27.4 Å². The molecule has 0 atom stereocenters. The number of unbranched alkanes of at least 4 members (excludes halogenated alkanes) is 1. The van der Waals surface area contributed by atoms with Crippen molar-refractivity contribution in [3.63, 3.8) is 0 Å². The van der Waals surface area contributed by atoms with E-state index >= 15 is 0 Å². The van der Waals surface area contributed by atoms with E-state index in [0.717, 1.165) is 51.4 Å². The van der Waals surface area contributed by atoms with E-state index in [9.17, 15) is 0 Å². The van der Waals surface area contributed by atoms with Crippen molar-refractivity contribution in [3.8, 4) is 17.2 Å². The third kappa shape index (κ3) is 4.63. The first-order chi connectivity index (χ1) is 14.8. The number of anilines is 1. The van der Waals surface area contributed by atoms with Gasteiger partial charge >= 0.3 is 0 Å². The molecular weight excluding hydrogens is 398 g/mol. The van der Waals surface area contributed by atoms with Crippen molar-refractivity contribution in [1.82, 2.24) is 9.27 Å². The first kappa shape index (κ1) is 20.8. The van der Waals surface area contributed by atoms with E-state index in [1.165, 1.54) is 10.1 Å². The van der Waals surface area contributed by atoms with Gasteiger partial charge in [0.2, 0.25) is 5.75 Å². The van der Waals surface area contributed by atoms with Crippen LogP contribution < -0.4 is 19.1 Å². The average Bonchev–Trinajstić information content (AvgIpc) is 3.23. The summed E-state index contributed by atoms with van der Waals surface area (Å²) >= 11 is 1.59. The van der Waals surface area contributed by atoms with Gasteiger partial charge in [0.25, 0.3) is 0 Å². The molecule has 0 N–H and O–H groups in total. The highest BCUT2D eigenvalue weighted by atomic mass is 32.1. The maximum absolute atomic E-state index is 5.96. The zero-order chi connectivity index (χ0) is 20.8. The minimum Gasteiger partial charge on any atom is -0.493 e. The van der Waals surface area contributed by atoms with E-state index < -0.39 is 0 Å². The third-order valence-corrected chi connectivity index (χ3v) is 6.34. The number of rotatable bonds is 9. The first-order valence-corrected chi connectivity index (χ1v) is 11.2. The number of piperazine rings is 1. The third-order valence-electron chi connectivity index (χ3n) is 5.53. The highest BCUT2D eigenvalue weighted by molar-refractivity contribution is 7.13. The number of methoxy groups -OCH3 is 2. The maximum Gasteiger partial charge on any atom is 0.203 e. The minimum atomic E-state index is 0.654. The molecule has 0 spiro atoms. The van der Waals surface area contributed by atoms with Gasteiger partial charge in [0.1, 0.15) is 5.82 Å². The van der Waals surface area contributed by atoms with Gasteiger partial charge in [-0.05, 0) is 55.2 Å². The lowest BCUT2D eigenvalue weighted by Gasteiger charge is -2.35. The molecule has 1 aromatic heterocycles. The highest BCUT2D eigenvalue weighted by Crippen LogP contribution is 2.36. The van der Waals surface area contributed by atoms with E-state index in [2.05, 4.69) is 34.1 Å². The molecule has 30 heavy (non-hydrogen) atoms. The van der Waals surface area contributed by atoms with Gasteiger partial charge in [-0.3, -0.25) is 4.90 Å². The quantitative estimate of drug-likeness (QED) is 0.475. The fourth-order valence-electron chi connectivity index (χ4n) is 3.86. The second-order valence-electron chi connectivity index (χ2n) is 7.38. The molecule has 3 aromatic rings. The largest absolute Gasteiger partial charge is 0.493 e. The molecule has 2 heterocycles. The molecule has 160 valence electrons. The number of benzene rings is 2. The van der Waals surface area contributed by atoms with Crippen molar-refractivity contribution in [2.45, 2.75) is 12.8 Å². The predicted molar refractivity (Wildman–Crippen MR) is 123 cm³/mol. The summed E-state index contributed by atoms with van der Waals surface area (Å²) in [5.74, 6) is 3.25. The Labute approximate surface area is 182 Å². The van der Waals surface area contributed by atoms with Crippen molar-refractivity contribution in [3.05, 3.63) is 42.5 Å². The molecule has 1 aliphatic heterocycles. The molecule has 1 saturated heterocycles. The summed E-state index contributed by atoms with van der Waals surface area (Å²) in [7, 11) is 3.30. The van der Waals surface area contributed by atoms with Crippen LogP contribution in [0.2, 0.25) is 0 Å². The van der Waals surface area contributed by atoms with E-state index in [0.29, 0.717) is 23.9 Å². The molecule has 0 bridgehead atoms. The Hall–Kier alpha value is -2.51. The SMILES string of the molecule is COc1cccc(OC)c1OCCCCN1CCN(c2nsc3ccccc23)CC1. The van der Waals surface area contributed by atoms with Crippen molar-refractivity contribution in [2.24, 2.45) is 0 Å². The maximum atomic E-state index is 5.96. The number of hydrogen-bond acceptors (Lipinski definition) is 7. The van der Waals surface area contributed by atoms with Gasteiger partial charge in [-0.15, -0.1) is 0 Å². The van der Waals surface area contributed by atoms with Crippen LogP contribution in [0, 0.1) is 0 Å². The summed E-state index contributed by atoms with van der Waals surface area (Å²) in [6.45, 7) is 5.96. The minimum absolute atomic E-state index is 0.654. The standard InChI is InChI=1S/C23H29N3O3S/c1-27-19-9-7-10-20(28-2)22(19)29-17-6-5-12-25-13-15-26(16-14-25)23-18-8-3-4-11-21(18)30-24-23/h3-4,7-11H,5-6,12-17H2,1-2H3. The van der Waals surface area contributed by atoms with Crippen LogP contribution >= 0.6 is 11.5 Å². The Balaban J connectivity index is 1.20. The van der Waals surface area contributed by atoms with Gasteiger partial charge in [0.05, 0.1) is 25.5 Å². The summed E-state index contributed by atoms with van der Waals surface area (Å²) < 4.78 is 22.7.